The molecule has 80 valence electrons. The second-order valence-electron chi connectivity index (χ2n) is 3.15. The van der Waals surface area contributed by atoms with Crippen LogP contribution in [0.15, 0.2) is 0 Å². The molecule has 0 amide bonds. The molecule has 0 saturated heterocycles. The lowest BCUT2D eigenvalue weighted by Gasteiger charge is -2.18. The molecule has 0 atom stereocenters. The van der Waals surface area contributed by atoms with Crippen molar-refractivity contribution in [1.82, 2.24) is 14.5 Å². The van der Waals surface area contributed by atoms with Crippen LogP contribution in [-0.2, 0) is 13.0 Å². The zero-order valence-electron chi connectivity index (χ0n) is 8.86. The quantitative estimate of drug-likeness (QED) is 0.764. The number of hydrogen-bond donors (Lipinski definition) is 1. The van der Waals surface area contributed by atoms with Gasteiger partial charge in [0.05, 0.1) is 10.6 Å². The molecule has 1 rings (SSSR count). The van der Waals surface area contributed by atoms with Crippen molar-refractivity contribution in [2.75, 3.05) is 19.6 Å². The third-order valence-electron chi connectivity index (χ3n) is 2.23. The molecule has 1 aromatic rings. The summed E-state index contributed by atoms with van der Waals surface area (Å²) in [5, 5.41) is 4.09. The summed E-state index contributed by atoms with van der Waals surface area (Å²) in [5.41, 5.74) is 6.67. The average molecular weight is 214 g/mol. The van der Waals surface area contributed by atoms with E-state index >= 15 is 0 Å². The first-order chi connectivity index (χ1) is 6.81. The van der Waals surface area contributed by atoms with E-state index < -0.39 is 0 Å². The number of hydrogen-bond acceptors (Lipinski definition) is 5. The van der Waals surface area contributed by atoms with E-state index in [2.05, 4.69) is 28.3 Å². The molecule has 0 bridgehead atoms. The zero-order chi connectivity index (χ0) is 10.4. The van der Waals surface area contributed by atoms with Crippen LogP contribution in [0.3, 0.4) is 0 Å². The Morgan fingerprint density at radius 3 is 2.79 bits per heavy atom. The number of nitrogens with zero attached hydrogens (tertiary/aromatic N) is 3. The molecule has 0 spiro atoms. The van der Waals surface area contributed by atoms with Gasteiger partial charge in [0.2, 0.25) is 0 Å². The van der Waals surface area contributed by atoms with E-state index in [1.54, 1.807) is 0 Å². The normalized spacial score (nSPS) is 11.1. The summed E-state index contributed by atoms with van der Waals surface area (Å²) >= 11 is 1.50. The van der Waals surface area contributed by atoms with Gasteiger partial charge < -0.3 is 5.73 Å². The minimum atomic E-state index is 0.710. The van der Waals surface area contributed by atoms with Crippen molar-refractivity contribution in [3.8, 4) is 0 Å². The SMILES string of the molecule is CCc1nnsc1CN(CC)CCN. The maximum Gasteiger partial charge on any atom is 0.0798 e. The summed E-state index contributed by atoms with van der Waals surface area (Å²) in [6.45, 7) is 7.88. The van der Waals surface area contributed by atoms with Crippen LogP contribution in [0, 0.1) is 0 Å². The lowest BCUT2D eigenvalue weighted by atomic mass is 10.3. The van der Waals surface area contributed by atoms with Gasteiger partial charge >= 0.3 is 0 Å². The van der Waals surface area contributed by atoms with Gasteiger partial charge in [0.15, 0.2) is 0 Å². The molecule has 0 unspecified atom stereocenters. The van der Waals surface area contributed by atoms with Crippen molar-refractivity contribution in [2.45, 2.75) is 26.8 Å². The van der Waals surface area contributed by atoms with Crippen LogP contribution >= 0.6 is 11.5 Å². The monoisotopic (exact) mass is 214 g/mol. The van der Waals surface area contributed by atoms with E-state index in [0.717, 1.165) is 31.7 Å². The Morgan fingerprint density at radius 2 is 2.21 bits per heavy atom. The Bertz CT molecular complexity index is 261. The fourth-order valence-electron chi connectivity index (χ4n) is 1.35. The van der Waals surface area contributed by atoms with Gasteiger partial charge in [-0.3, -0.25) is 4.90 Å². The van der Waals surface area contributed by atoms with Crippen LogP contribution in [0.25, 0.3) is 0 Å². The summed E-state index contributed by atoms with van der Waals surface area (Å²) in [5.74, 6) is 0. The van der Waals surface area contributed by atoms with E-state index in [-0.39, 0.29) is 0 Å². The molecule has 1 aromatic heterocycles. The van der Waals surface area contributed by atoms with E-state index in [0.29, 0.717) is 6.54 Å². The van der Waals surface area contributed by atoms with E-state index in [1.807, 2.05) is 0 Å². The Balaban J connectivity index is 2.56. The van der Waals surface area contributed by atoms with Gasteiger partial charge in [-0.15, -0.1) is 5.10 Å². The molecule has 0 aliphatic rings. The molecular formula is C9H18N4S. The highest BCUT2D eigenvalue weighted by molar-refractivity contribution is 7.05. The van der Waals surface area contributed by atoms with Crippen molar-refractivity contribution >= 4 is 11.5 Å². The minimum Gasteiger partial charge on any atom is -0.329 e. The molecule has 0 aliphatic heterocycles. The van der Waals surface area contributed by atoms with Gasteiger partial charge in [-0.2, -0.15) is 0 Å². The highest BCUT2D eigenvalue weighted by Crippen LogP contribution is 2.13. The van der Waals surface area contributed by atoms with Crippen molar-refractivity contribution in [3.63, 3.8) is 0 Å². The number of aryl methyl sites for hydroxylation is 1. The third kappa shape index (κ3) is 3.01. The fourth-order valence-corrected chi connectivity index (χ4v) is 2.12. The van der Waals surface area contributed by atoms with Gasteiger partial charge in [0.25, 0.3) is 0 Å². The van der Waals surface area contributed by atoms with E-state index in [9.17, 15) is 0 Å². The smallest absolute Gasteiger partial charge is 0.0798 e. The summed E-state index contributed by atoms with van der Waals surface area (Å²) in [7, 11) is 0. The maximum absolute atomic E-state index is 5.53. The summed E-state index contributed by atoms with van der Waals surface area (Å²) in [4.78, 5) is 3.59. The first kappa shape index (κ1) is 11.6. The molecule has 0 radical (unpaired) electrons. The van der Waals surface area contributed by atoms with Crippen molar-refractivity contribution in [1.29, 1.82) is 0 Å². The fraction of sp³-hybridized carbons (Fsp3) is 0.778. The number of rotatable bonds is 6. The summed E-state index contributed by atoms with van der Waals surface area (Å²) in [6.07, 6.45) is 0.964. The lowest BCUT2D eigenvalue weighted by molar-refractivity contribution is 0.290. The largest absolute Gasteiger partial charge is 0.329 e. The van der Waals surface area contributed by atoms with Gasteiger partial charge in [-0.05, 0) is 24.5 Å². The highest BCUT2D eigenvalue weighted by Gasteiger charge is 2.09. The van der Waals surface area contributed by atoms with E-state index in [4.69, 9.17) is 5.73 Å². The van der Waals surface area contributed by atoms with Gasteiger partial charge in [0.1, 0.15) is 0 Å². The van der Waals surface area contributed by atoms with Crippen LogP contribution in [0.4, 0.5) is 0 Å². The summed E-state index contributed by atoms with van der Waals surface area (Å²) in [6, 6.07) is 0. The van der Waals surface area contributed by atoms with Gasteiger partial charge in [-0.1, -0.05) is 18.3 Å². The predicted octanol–water partition coefficient (Wildman–Crippen LogP) is 0.881. The maximum atomic E-state index is 5.53. The topological polar surface area (TPSA) is 55.0 Å². The molecule has 0 fully saturated rings. The molecule has 1 heterocycles. The highest BCUT2D eigenvalue weighted by atomic mass is 32.1. The van der Waals surface area contributed by atoms with Crippen LogP contribution in [0.1, 0.15) is 24.4 Å². The number of aromatic nitrogens is 2. The average Bonchev–Trinajstić information content (AvgIpc) is 2.64. The third-order valence-corrected chi connectivity index (χ3v) is 2.98. The first-order valence-corrected chi connectivity index (χ1v) is 5.81. The first-order valence-electron chi connectivity index (χ1n) is 5.04. The van der Waals surface area contributed by atoms with Crippen molar-refractivity contribution in [3.05, 3.63) is 10.6 Å². The molecule has 14 heavy (non-hydrogen) atoms. The molecule has 4 nitrogen and oxygen atoms in total. The Hall–Kier alpha value is -0.520. The van der Waals surface area contributed by atoms with Crippen molar-refractivity contribution < 1.29 is 0 Å². The Morgan fingerprint density at radius 1 is 1.43 bits per heavy atom. The number of likely N-dealkylation sites (N-methyl/N-ethyl adjacent to an activating group) is 1. The van der Waals surface area contributed by atoms with E-state index in [1.165, 1.54) is 16.4 Å². The van der Waals surface area contributed by atoms with Gasteiger partial charge in [-0.25, -0.2) is 0 Å². The van der Waals surface area contributed by atoms with Gasteiger partial charge in [0, 0.05) is 19.6 Å². The standard InChI is InChI=1S/C9H18N4S/c1-3-8-9(14-12-11-8)7-13(4-2)6-5-10/h3-7,10H2,1-2H3. The molecule has 0 saturated carbocycles. The lowest BCUT2D eigenvalue weighted by Crippen LogP contribution is -2.28. The van der Waals surface area contributed by atoms with Crippen LogP contribution in [-0.4, -0.2) is 34.1 Å². The second-order valence-corrected chi connectivity index (χ2v) is 3.99. The predicted molar refractivity (Wildman–Crippen MR) is 59.3 cm³/mol. The molecule has 5 heteroatoms. The van der Waals surface area contributed by atoms with Crippen LogP contribution < -0.4 is 5.73 Å². The molecule has 0 aromatic carbocycles. The number of nitrogens with two attached hydrogens (primary N) is 1. The minimum absolute atomic E-state index is 0.710. The van der Waals surface area contributed by atoms with Crippen LogP contribution in [0.5, 0.6) is 0 Å². The van der Waals surface area contributed by atoms with Crippen molar-refractivity contribution in [2.24, 2.45) is 5.73 Å². The zero-order valence-corrected chi connectivity index (χ0v) is 9.68. The second kappa shape index (κ2) is 6.06. The van der Waals surface area contributed by atoms with Crippen LogP contribution in [0.2, 0.25) is 0 Å². The molecular weight excluding hydrogens is 196 g/mol. The molecule has 0 aliphatic carbocycles. The Kier molecular flexibility index (Phi) is 5.00. The molecule has 2 N–H and O–H groups in total. The summed E-state index contributed by atoms with van der Waals surface area (Å²) < 4.78 is 3.97. The Labute approximate surface area is 89.3 Å².